The van der Waals surface area contributed by atoms with Gasteiger partial charge in [0.1, 0.15) is 11.6 Å². The summed E-state index contributed by atoms with van der Waals surface area (Å²) in [6.45, 7) is 4.55. The molecule has 2 aromatic rings. The van der Waals surface area contributed by atoms with Crippen LogP contribution in [0.5, 0.6) is 0 Å². The van der Waals surface area contributed by atoms with Crippen molar-refractivity contribution in [3.63, 3.8) is 0 Å². The third-order valence-corrected chi connectivity index (χ3v) is 5.00. The minimum absolute atomic E-state index is 0.273. The number of hydrogen-bond donors (Lipinski definition) is 2. The van der Waals surface area contributed by atoms with Crippen molar-refractivity contribution >= 4 is 23.1 Å². The van der Waals surface area contributed by atoms with Gasteiger partial charge in [0, 0.05) is 41.6 Å². The lowest BCUT2D eigenvalue weighted by Crippen LogP contribution is -2.23. The summed E-state index contributed by atoms with van der Waals surface area (Å²) in [7, 11) is 0. The molecule has 3 rings (SSSR count). The standard InChI is InChI=1S/C19H23ClFN3O/c1-2-13-17(23-10-12-5-7-25-8-6-12)4-3-15(20)19(13)14-9-18(22)24-11-16(14)21/h3-4,9,11-12,23H,2,5-8,10H2,1H3,(H2,22,24). The molecule has 25 heavy (non-hydrogen) atoms. The first-order valence-electron chi connectivity index (χ1n) is 8.64. The molecule has 1 aromatic heterocycles. The maximum Gasteiger partial charge on any atom is 0.149 e. The summed E-state index contributed by atoms with van der Waals surface area (Å²) in [6, 6.07) is 5.31. The lowest BCUT2D eigenvalue weighted by atomic mass is 9.95. The van der Waals surface area contributed by atoms with Gasteiger partial charge in [0.05, 0.1) is 6.20 Å². The Hall–Kier alpha value is -1.85. The fraction of sp³-hybridized carbons (Fsp3) is 0.421. The quantitative estimate of drug-likeness (QED) is 0.819. The highest BCUT2D eigenvalue weighted by atomic mass is 35.5. The topological polar surface area (TPSA) is 60.2 Å². The summed E-state index contributed by atoms with van der Waals surface area (Å²) >= 11 is 6.42. The second kappa shape index (κ2) is 8.02. The van der Waals surface area contributed by atoms with Gasteiger partial charge in [-0.1, -0.05) is 18.5 Å². The average Bonchev–Trinajstić information content (AvgIpc) is 2.63. The Morgan fingerprint density at radius 3 is 2.84 bits per heavy atom. The van der Waals surface area contributed by atoms with E-state index in [1.54, 1.807) is 6.07 Å². The first-order chi connectivity index (χ1) is 12.1. The Labute approximate surface area is 152 Å². The molecule has 0 saturated carbocycles. The number of aromatic nitrogens is 1. The van der Waals surface area contributed by atoms with Crippen molar-refractivity contribution in [3.05, 3.63) is 40.8 Å². The van der Waals surface area contributed by atoms with Crippen LogP contribution in [0, 0.1) is 11.7 Å². The van der Waals surface area contributed by atoms with E-state index >= 15 is 0 Å². The zero-order valence-electron chi connectivity index (χ0n) is 14.3. The third-order valence-electron chi connectivity index (χ3n) is 4.68. The Kier molecular flexibility index (Phi) is 5.76. The molecule has 3 N–H and O–H groups in total. The van der Waals surface area contributed by atoms with Gasteiger partial charge in [0.2, 0.25) is 0 Å². The number of benzene rings is 1. The zero-order valence-corrected chi connectivity index (χ0v) is 15.1. The molecule has 1 aliphatic rings. The average molecular weight is 364 g/mol. The normalized spacial score (nSPS) is 15.3. The lowest BCUT2D eigenvalue weighted by molar-refractivity contribution is 0.0699. The molecule has 6 heteroatoms. The Morgan fingerprint density at radius 2 is 2.12 bits per heavy atom. The highest BCUT2D eigenvalue weighted by Gasteiger charge is 2.18. The van der Waals surface area contributed by atoms with Crippen molar-refractivity contribution in [1.29, 1.82) is 0 Å². The lowest BCUT2D eigenvalue weighted by Gasteiger charge is -2.24. The van der Waals surface area contributed by atoms with Gasteiger partial charge in [-0.05, 0) is 48.9 Å². The summed E-state index contributed by atoms with van der Waals surface area (Å²) in [6.07, 6.45) is 3.99. The number of nitrogens with zero attached hydrogens (tertiary/aromatic N) is 1. The third kappa shape index (κ3) is 4.05. The molecule has 0 bridgehead atoms. The molecule has 1 fully saturated rings. The monoisotopic (exact) mass is 363 g/mol. The van der Waals surface area contributed by atoms with E-state index in [0.717, 1.165) is 56.5 Å². The van der Waals surface area contributed by atoms with Crippen LogP contribution in [-0.4, -0.2) is 24.7 Å². The van der Waals surface area contributed by atoms with E-state index < -0.39 is 5.82 Å². The highest BCUT2D eigenvalue weighted by molar-refractivity contribution is 6.33. The molecule has 1 saturated heterocycles. The first kappa shape index (κ1) is 18.0. The van der Waals surface area contributed by atoms with Crippen LogP contribution >= 0.6 is 11.6 Å². The predicted molar refractivity (Wildman–Crippen MR) is 100 cm³/mol. The first-order valence-corrected chi connectivity index (χ1v) is 9.02. The maximum atomic E-state index is 14.3. The van der Waals surface area contributed by atoms with Gasteiger partial charge >= 0.3 is 0 Å². The van der Waals surface area contributed by atoms with E-state index in [1.165, 1.54) is 6.07 Å². The van der Waals surface area contributed by atoms with Crippen molar-refractivity contribution in [3.8, 4) is 11.1 Å². The molecule has 0 unspecified atom stereocenters. The Balaban J connectivity index is 1.94. The van der Waals surface area contributed by atoms with E-state index in [4.69, 9.17) is 22.1 Å². The predicted octanol–water partition coefficient (Wildman–Crippen LogP) is 4.52. The minimum Gasteiger partial charge on any atom is -0.385 e. The van der Waals surface area contributed by atoms with Crippen molar-refractivity contribution < 1.29 is 9.13 Å². The number of anilines is 2. The summed E-state index contributed by atoms with van der Waals surface area (Å²) in [5, 5.41) is 4.03. The van der Waals surface area contributed by atoms with E-state index in [1.807, 2.05) is 13.0 Å². The molecule has 134 valence electrons. The molecule has 4 nitrogen and oxygen atoms in total. The van der Waals surface area contributed by atoms with Crippen LogP contribution in [0.1, 0.15) is 25.3 Å². The van der Waals surface area contributed by atoms with Crippen molar-refractivity contribution in [2.45, 2.75) is 26.2 Å². The van der Waals surface area contributed by atoms with Crippen LogP contribution in [0.2, 0.25) is 5.02 Å². The number of nitrogen functional groups attached to an aromatic ring is 1. The number of ether oxygens (including phenoxy) is 1. The molecular weight excluding hydrogens is 341 g/mol. The maximum absolute atomic E-state index is 14.3. The van der Waals surface area contributed by atoms with Crippen LogP contribution in [0.25, 0.3) is 11.1 Å². The number of halogens is 2. The SMILES string of the molecule is CCc1c(NCC2CCOCC2)ccc(Cl)c1-c1cc(N)ncc1F. The van der Waals surface area contributed by atoms with Gasteiger partial charge in [0.15, 0.2) is 0 Å². The highest BCUT2D eigenvalue weighted by Crippen LogP contribution is 2.38. The Bertz CT molecular complexity index is 748. The van der Waals surface area contributed by atoms with Gasteiger partial charge in [0.25, 0.3) is 0 Å². The summed E-state index contributed by atoms with van der Waals surface area (Å²) in [4.78, 5) is 3.80. The van der Waals surface area contributed by atoms with E-state index in [-0.39, 0.29) is 5.82 Å². The Morgan fingerprint density at radius 1 is 1.36 bits per heavy atom. The van der Waals surface area contributed by atoms with Crippen LogP contribution in [0.15, 0.2) is 24.4 Å². The van der Waals surface area contributed by atoms with Crippen LogP contribution in [0.4, 0.5) is 15.9 Å². The van der Waals surface area contributed by atoms with Gasteiger partial charge < -0.3 is 15.8 Å². The second-order valence-electron chi connectivity index (χ2n) is 6.33. The smallest absolute Gasteiger partial charge is 0.149 e. The van der Waals surface area contributed by atoms with Crippen LogP contribution in [-0.2, 0) is 11.2 Å². The number of nitrogens with one attached hydrogen (secondary N) is 1. The number of rotatable bonds is 5. The fourth-order valence-electron chi connectivity index (χ4n) is 3.29. The van der Waals surface area contributed by atoms with Crippen molar-refractivity contribution in [2.24, 2.45) is 5.92 Å². The van der Waals surface area contributed by atoms with E-state index in [2.05, 4.69) is 10.3 Å². The fourth-order valence-corrected chi connectivity index (χ4v) is 3.57. The molecule has 0 atom stereocenters. The molecule has 0 aliphatic carbocycles. The largest absolute Gasteiger partial charge is 0.385 e. The minimum atomic E-state index is -0.424. The number of hydrogen-bond acceptors (Lipinski definition) is 4. The van der Waals surface area contributed by atoms with Gasteiger partial charge in [-0.15, -0.1) is 0 Å². The summed E-state index contributed by atoms with van der Waals surface area (Å²) < 4.78 is 19.8. The number of pyridine rings is 1. The molecule has 0 amide bonds. The van der Waals surface area contributed by atoms with Gasteiger partial charge in [-0.25, -0.2) is 9.37 Å². The van der Waals surface area contributed by atoms with Crippen molar-refractivity contribution in [2.75, 3.05) is 30.8 Å². The molecule has 0 radical (unpaired) electrons. The molecule has 1 aromatic carbocycles. The zero-order chi connectivity index (χ0) is 17.8. The van der Waals surface area contributed by atoms with Crippen LogP contribution < -0.4 is 11.1 Å². The summed E-state index contributed by atoms with van der Waals surface area (Å²) in [5.74, 6) is 0.438. The molecule has 1 aliphatic heterocycles. The van der Waals surface area contributed by atoms with Crippen molar-refractivity contribution in [1.82, 2.24) is 4.98 Å². The molecule has 0 spiro atoms. The molecular formula is C19H23ClFN3O. The number of nitrogens with two attached hydrogens (primary N) is 1. The van der Waals surface area contributed by atoms with E-state index in [0.29, 0.717) is 22.1 Å². The van der Waals surface area contributed by atoms with Gasteiger partial charge in [-0.3, -0.25) is 0 Å². The van der Waals surface area contributed by atoms with E-state index in [9.17, 15) is 4.39 Å². The molecule has 2 heterocycles. The second-order valence-corrected chi connectivity index (χ2v) is 6.73. The van der Waals surface area contributed by atoms with Crippen LogP contribution in [0.3, 0.4) is 0 Å². The summed E-state index contributed by atoms with van der Waals surface area (Å²) in [5.41, 5.74) is 8.81. The van der Waals surface area contributed by atoms with Gasteiger partial charge in [-0.2, -0.15) is 0 Å².